The molecule has 1 N–H and O–H groups in total. The molecule has 1 unspecified atom stereocenters. The number of aromatic nitrogens is 2. The molecule has 1 atom stereocenters. The van der Waals surface area contributed by atoms with Gasteiger partial charge in [0.25, 0.3) is 0 Å². The maximum absolute atomic E-state index is 5.95. The molecular formula is C20H30IN5O2. The molecule has 0 bridgehead atoms. The van der Waals surface area contributed by atoms with Gasteiger partial charge in [0, 0.05) is 31.9 Å². The topological polar surface area (TPSA) is 63.9 Å². The molecule has 1 aliphatic heterocycles. The fourth-order valence-electron chi connectivity index (χ4n) is 3.28. The maximum Gasteiger partial charge on any atom is 0.194 e. The molecular weight excluding hydrogens is 469 g/mol. The Morgan fingerprint density at radius 1 is 1.43 bits per heavy atom. The molecule has 3 rings (SSSR count). The van der Waals surface area contributed by atoms with Gasteiger partial charge in [-0.1, -0.05) is 12.1 Å². The van der Waals surface area contributed by atoms with E-state index in [1.165, 1.54) is 5.56 Å². The van der Waals surface area contributed by atoms with E-state index in [1.807, 2.05) is 30.2 Å². The molecule has 2 heterocycles. The molecule has 0 radical (unpaired) electrons. The van der Waals surface area contributed by atoms with Gasteiger partial charge in [-0.05, 0) is 31.0 Å². The van der Waals surface area contributed by atoms with Gasteiger partial charge < -0.3 is 19.7 Å². The number of methoxy groups -OCH3 is 1. The highest BCUT2D eigenvalue weighted by atomic mass is 127. The van der Waals surface area contributed by atoms with Crippen molar-refractivity contribution < 1.29 is 9.47 Å². The van der Waals surface area contributed by atoms with Crippen LogP contribution in [0.4, 0.5) is 0 Å². The zero-order valence-corrected chi connectivity index (χ0v) is 19.3. The van der Waals surface area contributed by atoms with E-state index in [4.69, 9.17) is 14.5 Å². The summed E-state index contributed by atoms with van der Waals surface area (Å²) in [5.41, 5.74) is 3.39. The van der Waals surface area contributed by atoms with Crippen LogP contribution in [-0.2, 0) is 18.3 Å². The first-order valence-corrected chi connectivity index (χ1v) is 9.37. The Morgan fingerprint density at radius 3 is 2.89 bits per heavy atom. The van der Waals surface area contributed by atoms with Crippen molar-refractivity contribution in [2.75, 3.05) is 33.4 Å². The number of guanidine groups is 1. The molecule has 1 saturated heterocycles. The van der Waals surface area contributed by atoms with Gasteiger partial charge in [0.2, 0.25) is 0 Å². The second kappa shape index (κ2) is 10.7. The van der Waals surface area contributed by atoms with Crippen molar-refractivity contribution in [1.82, 2.24) is 20.0 Å². The van der Waals surface area contributed by atoms with E-state index in [-0.39, 0.29) is 30.1 Å². The van der Waals surface area contributed by atoms with Gasteiger partial charge in [0.1, 0.15) is 11.9 Å². The number of aryl methyl sites for hydroxylation is 2. The summed E-state index contributed by atoms with van der Waals surface area (Å²) in [7, 11) is 3.62. The van der Waals surface area contributed by atoms with Crippen LogP contribution in [0.1, 0.15) is 29.7 Å². The predicted octanol–water partition coefficient (Wildman–Crippen LogP) is 2.89. The van der Waals surface area contributed by atoms with Crippen LogP contribution >= 0.6 is 24.0 Å². The van der Waals surface area contributed by atoms with Gasteiger partial charge in [0.05, 0.1) is 33.0 Å². The molecule has 8 heteroatoms. The molecule has 2 aromatic rings. The maximum atomic E-state index is 5.95. The van der Waals surface area contributed by atoms with Crippen molar-refractivity contribution in [3.8, 4) is 5.75 Å². The van der Waals surface area contributed by atoms with Crippen LogP contribution in [0.3, 0.4) is 0 Å². The summed E-state index contributed by atoms with van der Waals surface area (Å²) in [6, 6.07) is 6.20. The first-order valence-electron chi connectivity index (χ1n) is 9.37. The number of nitrogens with zero attached hydrogens (tertiary/aromatic N) is 4. The van der Waals surface area contributed by atoms with Crippen molar-refractivity contribution in [3.63, 3.8) is 0 Å². The first kappa shape index (κ1) is 22.5. The smallest absolute Gasteiger partial charge is 0.194 e. The standard InChI is InChI=1S/C20H29N5O2.HI/c1-5-21-20(22-11-16-6-7-18(26-4)15(2)10-16)25-8-9-27-19(14-25)17-12-23-24(3)13-17;/h6-7,10,12-13,19H,5,8-9,11,14H2,1-4H3,(H,21,22);1H. The van der Waals surface area contributed by atoms with Crippen LogP contribution in [0.5, 0.6) is 5.75 Å². The molecule has 7 nitrogen and oxygen atoms in total. The normalized spacial score (nSPS) is 17.2. The van der Waals surface area contributed by atoms with E-state index in [0.29, 0.717) is 13.2 Å². The number of hydrogen-bond donors (Lipinski definition) is 1. The fourth-order valence-corrected chi connectivity index (χ4v) is 3.28. The van der Waals surface area contributed by atoms with Crippen molar-refractivity contribution in [1.29, 1.82) is 0 Å². The quantitative estimate of drug-likeness (QED) is 0.390. The summed E-state index contributed by atoms with van der Waals surface area (Å²) in [5.74, 6) is 1.82. The summed E-state index contributed by atoms with van der Waals surface area (Å²) >= 11 is 0. The molecule has 0 spiro atoms. The molecule has 1 aliphatic rings. The average molecular weight is 499 g/mol. The van der Waals surface area contributed by atoms with Crippen LogP contribution in [0.25, 0.3) is 0 Å². The van der Waals surface area contributed by atoms with Gasteiger partial charge in [-0.15, -0.1) is 24.0 Å². The summed E-state index contributed by atoms with van der Waals surface area (Å²) in [4.78, 5) is 7.12. The highest BCUT2D eigenvalue weighted by Crippen LogP contribution is 2.22. The molecule has 0 saturated carbocycles. The fraction of sp³-hybridized carbons (Fsp3) is 0.500. The second-order valence-electron chi connectivity index (χ2n) is 6.73. The molecule has 1 aromatic heterocycles. The highest BCUT2D eigenvalue weighted by Gasteiger charge is 2.25. The molecule has 1 fully saturated rings. The Hall–Kier alpha value is -1.81. The third-order valence-electron chi connectivity index (χ3n) is 4.67. The molecule has 0 aliphatic carbocycles. The second-order valence-corrected chi connectivity index (χ2v) is 6.73. The van der Waals surface area contributed by atoms with Crippen molar-refractivity contribution in [2.45, 2.75) is 26.5 Å². The van der Waals surface area contributed by atoms with Gasteiger partial charge in [-0.2, -0.15) is 5.10 Å². The summed E-state index contributed by atoms with van der Waals surface area (Å²) < 4.78 is 13.1. The predicted molar refractivity (Wildman–Crippen MR) is 121 cm³/mol. The SMILES string of the molecule is CCNC(=NCc1ccc(OC)c(C)c1)N1CCOC(c2cnn(C)c2)C1.I. The Balaban J connectivity index is 0.00000280. The van der Waals surface area contributed by atoms with Crippen molar-refractivity contribution in [2.24, 2.45) is 12.0 Å². The van der Waals surface area contributed by atoms with Crippen LogP contribution < -0.4 is 10.1 Å². The number of nitrogens with one attached hydrogen (secondary N) is 1. The number of halogens is 1. The lowest BCUT2D eigenvalue weighted by molar-refractivity contribution is -0.00805. The van der Waals surface area contributed by atoms with Crippen molar-refractivity contribution in [3.05, 3.63) is 47.3 Å². The number of morpholine rings is 1. The van der Waals surface area contributed by atoms with Gasteiger partial charge in [0.15, 0.2) is 5.96 Å². The third-order valence-corrected chi connectivity index (χ3v) is 4.67. The Bertz CT molecular complexity index is 793. The highest BCUT2D eigenvalue weighted by molar-refractivity contribution is 14.0. The largest absolute Gasteiger partial charge is 0.496 e. The summed E-state index contributed by atoms with van der Waals surface area (Å²) in [6.45, 7) is 7.86. The van der Waals surface area contributed by atoms with Crippen LogP contribution in [0, 0.1) is 6.92 Å². The third kappa shape index (κ3) is 5.60. The van der Waals surface area contributed by atoms with Crippen molar-refractivity contribution >= 4 is 29.9 Å². The number of benzene rings is 1. The Labute approximate surface area is 184 Å². The average Bonchev–Trinajstić information content (AvgIpc) is 3.12. The summed E-state index contributed by atoms with van der Waals surface area (Å²) in [5, 5.41) is 7.67. The van der Waals surface area contributed by atoms with E-state index < -0.39 is 0 Å². The van der Waals surface area contributed by atoms with E-state index >= 15 is 0 Å². The lowest BCUT2D eigenvalue weighted by Gasteiger charge is -2.34. The number of hydrogen-bond acceptors (Lipinski definition) is 4. The monoisotopic (exact) mass is 499 g/mol. The minimum atomic E-state index is 0. The van der Waals surface area contributed by atoms with Gasteiger partial charge in [-0.3, -0.25) is 4.68 Å². The minimum absolute atomic E-state index is 0. The molecule has 154 valence electrons. The minimum Gasteiger partial charge on any atom is -0.496 e. The lowest BCUT2D eigenvalue weighted by Crippen LogP contribution is -2.48. The van der Waals surface area contributed by atoms with Crippen LogP contribution in [-0.4, -0.2) is 54.0 Å². The lowest BCUT2D eigenvalue weighted by atomic mass is 10.1. The number of ether oxygens (including phenoxy) is 2. The zero-order chi connectivity index (χ0) is 19.2. The molecule has 0 amide bonds. The first-order chi connectivity index (χ1) is 13.1. The molecule has 1 aromatic carbocycles. The van der Waals surface area contributed by atoms with Gasteiger partial charge in [-0.25, -0.2) is 4.99 Å². The Kier molecular flexibility index (Phi) is 8.56. The van der Waals surface area contributed by atoms with E-state index in [1.54, 1.807) is 7.11 Å². The van der Waals surface area contributed by atoms with Crippen LogP contribution in [0.15, 0.2) is 35.6 Å². The van der Waals surface area contributed by atoms with E-state index in [0.717, 1.165) is 42.5 Å². The number of rotatable bonds is 5. The molecule has 28 heavy (non-hydrogen) atoms. The van der Waals surface area contributed by atoms with Gasteiger partial charge >= 0.3 is 0 Å². The zero-order valence-electron chi connectivity index (χ0n) is 17.0. The Morgan fingerprint density at radius 2 is 2.25 bits per heavy atom. The summed E-state index contributed by atoms with van der Waals surface area (Å²) in [6.07, 6.45) is 3.90. The van der Waals surface area contributed by atoms with E-state index in [9.17, 15) is 0 Å². The van der Waals surface area contributed by atoms with Crippen LogP contribution in [0.2, 0.25) is 0 Å². The van der Waals surface area contributed by atoms with E-state index in [2.05, 4.69) is 41.3 Å². The number of aliphatic imine (C=N–C) groups is 1.